The summed E-state index contributed by atoms with van der Waals surface area (Å²) in [6, 6.07) is 19.9. The largest absolute Gasteiger partial charge is 0.495 e. The highest BCUT2D eigenvalue weighted by atomic mass is 35.5. The predicted molar refractivity (Wildman–Crippen MR) is 144 cm³/mol. The monoisotopic (exact) mass is 517 g/mol. The molecule has 3 aromatic carbocycles. The Labute approximate surface area is 220 Å². The van der Waals surface area contributed by atoms with Crippen LogP contribution in [0.4, 0.5) is 5.69 Å². The number of carbonyl (C=O) groups excluding carboxylic acids is 2. The number of fused-ring (bicyclic) bond motifs is 2. The van der Waals surface area contributed by atoms with Crippen LogP contribution in [0.2, 0.25) is 5.02 Å². The van der Waals surface area contributed by atoms with Crippen LogP contribution in [0.3, 0.4) is 0 Å². The molecular weight excluding hydrogens is 490 g/mol. The molecule has 7 nitrogen and oxygen atoms in total. The van der Waals surface area contributed by atoms with Crippen molar-refractivity contribution in [2.45, 2.75) is 12.0 Å². The van der Waals surface area contributed by atoms with E-state index in [1.165, 1.54) is 0 Å². The molecule has 37 heavy (non-hydrogen) atoms. The van der Waals surface area contributed by atoms with Crippen molar-refractivity contribution in [2.24, 2.45) is 7.05 Å². The van der Waals surface area contributed by atoms with Crippen molar-refractivity contribution >= 4 is 40.0 Å². The second kappa shape index (κ2) is 10.3. The molecular formula is C29H28ClN3O4. The summed E-state index contributed by atoms with van der Waals surface area (Å²) in [5, 5.41) is 4.43. The number of rotatable bonds is 7. The molecule has 1 aliphatic heterocycles. The first-order chi connectivity index (χ1) is 17.9. The Kier molecular flexibility index (Phi) is 6.91. The zero-order valence-corrected chi connectivity index (χ0v) is 21.7. The standard InChI is InChI=1S/C29H28ClN3O4/c1-32-17-22(19-8-6-7-11-24(19)32)27-26(28(34)31-18-12-13-25(37-3)23(30)16-18)20-9-4-5-10-21(20)29(35)33(27)14-15-36-2/h4-13,16-17,26-27H,14-15H2,1-3H3,(H,31,34)/t26-,27-/m1/s1. The van der Waals surface area contributed by atoms with Crippen LogP contribution in [0.25, 0.3) is 10.9 Å². The van der Waals surface area contributed by atoms with Gasteiger partial charge < -0.3 is 24.3 Å². The number of hydrogen-bond donors (Lipinski definition) is 1. The third kappa shape index (κ3) is 4.45. The predicted octanol–water partition coefficient (Wildman–Crippen LogP) is 5.41. The summed E-state index contributed by atoms with van der Waals surface area (Å²) < 4.78 is 12.6. The van der Waals surface area contributed by atoms with Crippen LogP contribution in [-0.2, 0) is 16.6 Å². The normalized spacial score (nSPS) is 17.1. The zero-order valence-electron chi connectivity index (χ0n) is 20.9. The lowest BCUT2D eigenvalue weighted by atomic mass is 9.79. The van der Waals surface area contributed by atoms with Gasteiger partial charge in [0.25, 0.3) is 5.91 Å². The number of nitrogens with one attached hydrogen (secondary N) is 1. The van der Waals surface area contributed by atoms with E-state index in [9.17, 15) is 9.59 Å². The first-order valence-electron chi connectivity index (χ1n) is 12.0. The SMILES string of the molecule is COCCN1C(=O)c2ccccc2[C@@H](C(=O)Nc2ccc(OC)c(Cl)c2)[C@H]1c1cn(C)c2ccccc12. The number of aromatic nitrogens is 1. The van der Waals surface area contributed by atoms with Gasteiger partial charge in [0.15, 0.2) is 0 Å². The molecule has 0 saturated heterocycles. The molecule has 4 aromatic rings. The van der Waals surface area contributed by atoms with Crippen molar-refractivity contribution in [3.63, 3.8) is 0 Å². The fourth-order valence-corrected chi connectivity index (χ4v) is 5.49. The number of benzene rings is 3. The first kappa shape index (κ1) is 24.9. The summed E-state index contributed by atoms with van der Waals surface area (Å²) >= 11 is 6.33. The number of hydrogen-bond acceptors (Lipinski definition) is 4. The minimum Gasteiger partial charge on any atom is -0.495 e. The third-order valence-electron chi connectivity index (χ3n) is 6.92. The molecule has 1 N–H and O–H groups in total. The molecule has 5 rings (SSSR count). The maximum atomic E-state index is 14.1. The van der Waals surface area contributed by atoms with Crippen molar-refractivity contribution in [3.8, 4) is 5.75 Å². The zero-order chi connectivity index (χ0) is 26.1. The highest BCUT2D eigenvalue weighted by Crippen LogP contribution is 2.45. The molecule has 0 saturated carbocycles. The van der Waals surface area contributed by atoms with Crippen LogP contribution in [0, 0.1) is 0 Å². The fraction of sp³-hybridized carbons (Fsp3) is 0.241. The van der Waals surface area contributed by atoms with Gasteiger partial charge in [0.05, 0.1) is 30.7 Å². The molecule has 2 amide bonds. The molecule has 0 unspecified atom stereocenters. The van der Waals surface area contributed by atoms with Gasteiger partial charge in [0, 0.05) is 54.6 Å². The van der Waals surface area contributed by atoms with Crippen molar-refractivity contribution in [3.05, 3.63) is 94.6 Å². The molecule has 1 aromatic heterocycles. The number of methoxy groups -OCH3 is 2. The third-order valence-corrected chi connectivity index (χ3v) is 7.22. The fourth-order valence-electron chi connectivity index (χ4n) is 5.23. The number of amides is 2. The van der Waals surface area contributed by atoms with E-state index in [2.05, 4.69) is 5.32 Å². The van der Waals surface area contributed by atoms with E-state index in [0.29, 0.717) is 40.7 Å². The Morgan fingerprint density at radius 3 is 2.54 bits per heavy atom. The van der Waals surface area contributed by atoms with Crippen LogP contribution in [0.15, 0.2) is 72.9 Å². The van der Waals surface area contributed by atoms with Gasteiger partial charge in [-0.3, -0.25) is 9.59 Å². The van der Waals surface area contributed by atoms with E-state index in [0.717, 1.165) is 16.5 Å². The number of halogens is 1. The Morgan fingerprint density at radius 1 is 1.03 bits per heavy atom. The molecule has 2 heterocycles. The summed E-state index contributed by atoms with van der Waals surface area (Å²) in [5.41, 5.74) is 3.69. The van der Waals surface area contributed by atoms with E-state index in [-0.39, 0.29) is 11.8 Å². The second-order valence-electron chi connectivity index (χ2n) is 9.05. The summed E-state index contributed by atoms with van der Waals surface area (Å²) in [6.45, 7) is 0.688. The number of anilines is 1. The van der Waals surface area contributed by atoms with E-state index in [1.54, 1.807) is 43.4 Å². The number of aryl methyl sites for hydroxylation is 1. The highest BCUT2D eigenvalue weighted by Gasteiger charge is 2.45. The van der Waals surface area contributed by atoms with E-state index in [4.69, 9.17) is 21.1 Å². The smallest absolute Gasteiger partial charge is 0.254 e. The van der Waals surface area contributed by atoms with Gasteiger partial charge in [-0.05, 0) is 35.9 Å². The first-order valence-corrected chi connectivity index (χ1v) is 12.4. The van der Waals surface area contributed by atoms with Crippen LogP contribution in [-0.4, -0.2) is 48.7 Å². The molecule has 190 valence electrons. The summed E-state index contributed by atoms with van der Waals surface area (Å²) in [5.74, 6) is -0.506. The maximum Gasteiger partial charge on any atom is 0.254 e. The van der Waals surface area contributed by atoms with Gasteiger partial charge in [-0.15, -0.1) is 0 Å². The Bertz CT molecular complexity index is 1480. The molecule has 0 fully saturated rings. The summed E-state index contributed by atoms with van der Waals surface area (Å²) in [4.78, 5) is 29.6. The van der Waals surface area contributed by atoms with Crippen molar-refractivity contribution < 1.29 is 19.1 Å². The summed E-state index contributed by atoms with van der Waals surface area (Å²) in [6.07, 6.45) is 2.01. The molecule has 0 spiro atoms. The van der Waals surface area contributed by atoms with Gasteiger partial charge in [-0.25, -0.2) is 0 Å². The molecule has 0 aliphatic carbocycles. The van der Waals surface area contributed by atoms with Gasteiger partial charge >= 0.3 is 0 Å². The molecule has 8 heteroatoms. The van der Waals surface area contributed by atoms with Crippen molar-refractivity contribution in [1.82, 2.24) is 9.47 Å². The van der Waals surface area contributed by atoms with Gasteiger partial charge in [-0.1, -0.05) is 48.0 Å². The topological polar surface area (TPSA) is 72.8 Å². The van der Waals surface area contributed by atoms with E-state index < -0.39 is 12.0 Å². The van der Waals surface area contributed by atoms with Crippen LogP contribution in [0.5, 0.6) is 5.75 Å². The number of ether oxygens (including phenoxy) is 2. The Morgan fingerprint density at radius 2 is 1.78 bits per heavy atom. The van der Waals surface area contributed by atoms with Gasteiger partial charge in [0.2, 0.25) is 5.91 Å². The molecule has 0 bridgehead atoms. The van der Waals surface area contributed by atoms with Gasteiger partial charge in [-0.2, -0.15) is 0 Å². The molecule has 1 aliphatic rings. The van der Waals surface area contributed by atoms with E-state index >= 15 is 0 Å². The average Bonchev–Trinajstić information content (AvgIpc) is 3.24. The minimum absolute atomic E-state index is 0.123. The highest BCUT2D eigenvalue weighted by molar-refractivity contribution is 6.32. The van der Waals surface area contributed by atoms with Crippen LogP contribution >= 0.6 is 11.6 Å². The lowest BCUT2D eigenvalue weighted by Gasteiger charge is -2.41. The Balaban J connectivity index is 1.67. The van der Waals surface area contributed by atoms with E-state index in [1.807, 2.05) is 60.3 Å². The Hall–Kier alpha value is -3.81. The second-order valence-corrected chi connectivity index (χ2v) is 9.46. The quantitative estimate of drug-likeness (QED) is 0.356. The average molecular weight is 518 g/mol. The van der Waals surface area contributed by atoms with Gasteiger partial charge in [0.1, 0.15) is 5.75 Å². The minimum atomic E-state index is -0.669. The summed E-state index contributed by atoms with van der Waals surface area (Å²) in [7, 11) is 5.12. The van der Waals surface area contributed by atoms with Crippen molar-refractivity contribution in [2.75, 3.05) is 32.7 Å². The number of carbonyl (C=O) groups is 2. The number of nitrogens with zero attached hydrogens (tertiary/aromatic N) is 2. The maximum absolute atomic E-state index is 14.1. The lowest BCUT2D eigenvalue weighted by Crippen LogP contribution is -2.47. The molecule has 2 atom stereocenters. The number of para-hydroxylation sites is 1. The van der Waals surface area contributed by atoms with Crippen LogP contribution in [0.1, 0.15) is 33.4 Å². The van der Waals surface area contributed by atoms with Crippen LogP contribution < -0.4 is 10.1 Å². The lowest BCUT2D eigenvalue weighted by molar-refractivity contribution is -0.119. The molecule has 0 radical (unpaired) electrons. The van der Waals surface area contributed by atoms with Crippen molar-refractivity contribution in [1.29, 1.82) is 0 Å².